The number of aryl methyl sites for hydroxylation is 1. The number of methoxy groups -OCH3 is 3. The standard InChI is InChI=1S/C16H18O4/c1-11-5-7-12(8-6-11)20-13-9-14(17-2)16(19-4)15(10-13)18-3/h5-10H,1-4H3. The molecule has 0 radical (unpaired) electrons. The van der Waals surface area contributed by atoms with Gasteiger partial charge in [0.2, 0.25) is 5.75 Å². The average Bonchev–Trinajstić information content (AvgIpc) is 2.48. The van der Waals surface area contributed by atoms with Gasteiger partial charge in [-0.1, -0.05) is 17.7 Å². The zero-order valence-corrected chi connectivity index (χ0v) is 12.1. The van der Waals surface area contributed by atoms with Crippen LogP contribution in [0.15, 0.2) is 36.4 Å². The molecule has 4 heteroatoms. The lowest BCUT2D eigenvalue weighted by atomic mass is 10.2. The van der Waals surface area contributed by atoms with Crippen LogP contribution >= 0.6 is 0 Å². The summed E-state index contributed by atoms with van der Waals surface area (Å²) in [6.45, 7) is 2.03. The maximum absolute atomic E-state index is 5.80. The first-order valence-corrected chi connectivity index (χ1v) is 6.22. The first kappa shape index (κ1) is 14.1. The molecule has 0 atom stereocenters. The molecule has 0 heterocycles. The van der Waals surface area contributed by atoms with Crippen LogP contribution in [0, 0.1) is 6.92 Å². The highest BCUT2D eigenvalue weighted by Crippen LogP contribution is 2.41. The molecule has 0 bridgehead atoms. The van der Waals surface area contributed by atoms with Gasteiger partial charge in [-0.15, -0.1) is 0 Å². The predicted octanol–water partition coefficient (Wildman–Crippen LogP) is 3.81. The van der Waals surface area contributed by atoms with Crippen LogP contribution in [0.25, 0.3) is 0 Å². The molecule has 0 aliphatic carbocycles. The van der Waals surface area contributed by atoms with Gasteiger partial charge < -0.3 is 18.9 Å². The van der Waals surface area contributed by atoms with E-state index in [1.54, 1.807) is 33.5 Å². The van der Waals surface area contributed by atoms with E-state index in [9.17, 15) is 0 Å². The molecule has 0 aliphatic rings. The number of hydrogen-bond donors (Lipinski definition) is 0. The number of ether oxygens (including phenoxy) is 4. The van der Waals surface area contributed by atoms with Crippen molar-refractivity contribution in [1.29, 1.82) is 0 Å². The quantitative estimate of drug-likeness (QED) is 0.830. The van der Waals surface area contributed by atoms with Crippen molar-refractivity contribution in [2.45, 2.75) is 6.92 Å². The Bertz CT molecular complexity index is 551. The second-order valence-corrected chi connectivity index (χ2v) is 4.28. The summed E-state index contributed by atoms with van der Waals surface area (Å²) in [6.07, 6.45) is 0. The zero-order valence-electron chi connectivity index (χ0n) is 12.1. The Balaban J connectivity index is 2.34. The fraction of sp³-hybridized carbons (Fsp3) is 0.250. The average molecular weight is 274 g/mol. The first-order chi connectivity index (χ1) is 9.67. The van der Waals surface area contributed by atoms with Crippen LogP contribution in [0.2, 0.25) is 0 Å². The Hall–Kier alpha value is -2.36. The third-order valence-electron chi connectivity index (χ3n) is 2.89. The van der Waals surface area contributed by atoms with E-state index in [4.69, 9.17) is 18.9 Å². The van der Waals surface area contributed by atoms with Crippen molar-refractivity contribution < 1.29 is 18.9 Å². The van der Waals surface area contributed by atoms with Crippen LogP contribution in [0.3, 0.4) is 0 Å². The zero-order chi connectivity index (χ0) is 14.5. The third-order valence-corrected chi connectivity index (χ3v) is 2.89. The van der Waals surface area contributed by atoms with Gasteiger partial charge in [-0.2, -0.15) is 0 Å². The summed E-state index contributed by atoms with van der Waals surface area (Å²) < 4.78 is 21.7. The number of rotatable bonds is 5. The van der Waals surface area contributed by atoms with Crippen molar-refractivity contribution in [3.63, 3.8) is 0 Å². The van der Waals surface area contributed by atoms with Crippen molar-refractivity contribution in [2.24, 2.45) is 0 Å². The largest absolute Gasteiger partial charge is 0.493 e. The van der Waals surface area contributed by atoms with Gasteiger partial charge in [0.05, 0.1) is 21.3 Å². The minimum absolute atomic E-state index is 0.547. The molecule has 0 aromatic heterocycles. The van der Waals surface area contributed by atoms with Gasteiger partial charge in [-0.3, -0.25) is 0 Å². The molecule has 0 amide bonds. The lowest BCUT2D eigenvalue weighted by molar-refractivity contribution is 0.321. The summed E-state index contributed by atoms with van der Waals surface area (Å²) in [5, 5.41) is 0. The van der Waals surface area contributed by atoms with Gasteiger partial charge in [0.25, 0.3) is 0 Å². The maximum atomic E-state index is 5.80. The second-order valence-electron chi connectivity index (χ2n) is 4.28. The maximum Gasteiger partial charge on any atom is 0.203 e. The first-order valence-electron chi connectivity index (χ1n) is 6.22. The lowest BCUT2D eigenvalue weighted by Gasteiger charge is -2.14. The molecular weight excluding hydrogens is 256 g/mol. The number of hydrogen-bond acceptors (Lipinski definition) is 4. The summed E-state index contributed by atoms with van der Waals surface area (Å²) in [5.74, 6) is 3.06. The molecule has 2 rings (SSSR count). The molecule has 0 N–H and O–H groups in total. The highest BCUT2D eigenvalue weighted by atomic mass is 16.5. The lowest BCUT2D eigenvalue weighted by Crippen LogP contribution is -1.96. The molecule has 2 aromatic rings. The van der Waals surface area contributed by atoms with Crippen LogP contribution in [0.4, 0.5) is 0 Å². The van der Waals surface area contributed by atoms with Crippen LogP contribution in [-0.4, -0.2) is 21.3 Å². The minimum Gasteiger partial charge on any atom is -0.493 e. The van der Waals surface area contributed by atoms with Gasteiger partial charge in [0, 0.05) is 12.1 Å². The van der Waals surface area contributed by atoms with E-state index in [0.29, 0.717) is 23.0 Å². The Morgan fingerprint density at radius 2 is 1.25 bits per heavy atom. The SMILES string of the molecule is COc1cc(Oc2ccc(C)cc2)cc(OC)c1OC. The monoisotopic (exact) mass is 274 g/mol. The van der Waals surface area contributed by atoms with Gasteiger partial charge >= 0.3 is 0 Å². The molecule has 0 aliphatic heterocycles. The summed E-state index contributed by atoms with van der Waals surface area (Å²) in [6, 6.07) is 11.3. The summed E-state index contributed by atoms with van der Waals surface area (Å²) in [4.78, 5) is 0. The third kappa shape index (κ3) is 2.96. The molecule has 0 saturated heterocycles. The molecule has 2 aromatic carbocycles. The van der Waals surface area contributed by atoms with Crippen LogP contribution < -0.4 is 18.9 Å². The van der Waals surface area contributed by atoms with E-state index in [1.165, 1.54) is 5.56 Å². The van der Waals surface area contributed by atoms with E-state index < -0.39 is 0 Å². The van der Waals surface area contributed by atoms with E-state index in [-0.39, 0.29) is 0 Å². The summed E-state index contributed by atoms with van der Waals surface area (Å²) in [7, 11) is 4.72. The van der Waals surface area contributed by atoms with Crippen molar-refractivity contribution >= 4 is 0 Å². The van der Waals surface area contributed by atoms with Gasteiger partial charge in [0.15, 0.2) is 11.5 Å². The molecule has 4 nitrogen and oxygen atoms in total. The molecule has 0 saturated carbocycles. The van der Waals surface area contributed by atoms with Gasteiger partial charge in [0.1, 0.15) is 11.5 Å². The minimum atomic E-state index is 0.547. The topological polar surface area (TPSA) is 36.9 Å². The molecule has 106 valence electrons. The molecule has 0 spiro atoms. The smallest absolute Gasteiger partial charge is 0.203 e. The van der Waals surface area contributed by atoms with E-state index in [0.717, 1.165) is 5.75 Å². The Morgan fingerprint density at radius 3 is 1.70 bits per heavy atom. The van der Waals surface area contributed by atoms with Gasteiger partial charge in [-0.25, -0.2) is 0 Å². The van der Waals surface area contributed by atoms with Crippen LogP contribution in [-0.2, 0) is 0 Å². The van der Waals surface area contributed by atoms with E-state index in [1.807, 2.05) is 31.2 Å². The van der Waals surface area contributed by atoms with Crippen molar-refractivity contribution in [1.82, 2.24) is 0 Å². The Morgan fingerprint density at radius 1 is 0.700 bits per heavy atom. The van der Waals surface area contributed by atoms with Gasteiger partial charge in [-0.05, 0) is 19.1 Å². The predicted molar refractivity (Wildman–Crippen MR) is 77.4 cm³/mol. The molecule has 0 unspecified atom stereocenters. The molecular formula is C16H18O4. The van der Waals surface area contributed by atoms with Crippen molar-refractivity contribution in [3.05, 3.63) is 42.0 Å². The second kappa shape index (κ2) is 6.19. The molecule has 20 heavy (non-hydrogen) atoms. The fourth-order valence-electron chi connectivity index (χ4n) is 1.86. The normalized spacial score (nSPS) is 10.0. The highest BCUT2D eigenvalue weighted by molar-refractivity contribution is 5.56. The summed E-state index contributed by atoms with van der Waals surface area (Å²) >= 11 is 0. The van der Waals surface area contributed by atoms with E-state index >= 15 is 0 Å². The van der Waals surface area contributed by atoms with Crippen molar-refractivity contribution in [2.75, 3.05) is 21.3 Å². The Labute approximate surface area is 118 Å². The highest BCUT2D eigenvalue weighted by Gasteiger charge is 2.14. The van der Waals surface area contributed by atoms with E-state index in [2.05, 4.69) is 0 Å². The fourth-order valence-corrected chi connectivity index (χ4v) is 1.86. The Kier molecular flexibility index (Phi) is 4.35. The van der Waals surface area contributed by atoms with Crippen LogP contribution in [0.5, 0.6) is 28.7 Å². The number of benzene rings is 2. The van der Waals surface area contributed by atoms with Crippen molar-refractivity contribution in [3.8, 4) is 28.7 Å². The molecule has 0 fully saturated rings. The summed E-state index contributed by atoms with van der Waals surface area (Å²) in [5.41, 5.74) is 1.18. The van der Waals surface area contributed by atoms with Crippen LogP contribution in [0.1, 0.15) is 5.56 Å².